The van der Waals surface area contributed by atoms with E-state index < -0.39 is 0 Å². The zero-order valence-corrected chi connectivity index (χ0v) is 23.6. The number of aromatic amines is 2. The average molecular weight is 546 g/mol. The molecule has 5 heterocycles. The Balaban J connectivity index is 1.02. The molecule has 2 saturated heterocycles. The number of hydrogen-bond donors (Lipinski definition) is 2. The molecular weight excluding hydrogens is 506 g/mol. The highest BCUT2D eigenvalue weighted by molar-refractivity contribution is 7.10. The summed E-state index contributed by atoms with van der Waals surface area (Å²) in [6.07, 6.45) is 9.60. The normalized spacial score (nSPS) is 18.3. The first-order valence-electron chi connectivity index (χ1n) is 14.0. The fourth-order valence-corrected chi connectivity index (χ4v) is 6.82. The monoisotopic (exact) mass is 545 g/mol. The van der Waals surface area contributed by atoms with Gasteiger partial charge in [0.1, 0.15) is 11.6 Å². The van der Waals surface area contributed by atoms with E-state index in [4.69, 9.17) is 4.74 Å². The molecule has 3 aromatic heterocycles. The molecule has 4 aromatic rings. The van der Waals surface area contributed by atoms with Crippen molar-refractivity contribution >= 4 is 11.3 Å². The summed E-state index contributed by atoms with van der Waals surface area (Å²) >= 11 is 1.88. The van der Waals surface area contributed by atoms with Gasteiger partial charge in [0.15, 0.2) is 0 Å². The van der Waals surface area contributed by atoms with Crippen LogP contribution in [0.2, 0.25) is 0 Å². The van der Waals surface area contributed by atoms with Crippen LogP contribution >= 0.6 is 11.3 Å². The predicted octanol–water partition coefficient (Wildman–Crippen LogP) is 4.57. The molecule has 0 aliphatic carbocycles. The fourth-order valence-electron chi connectivity index (χ4n) is 5.88. The van der Waals surface area contributed by atoms with Crippen LogP contribution in [-0.4, -0.2) is 73.0 Å². The second-order valence-corrected chi connectivity index (χ2v) is 12.1. The number of hydrogen-bond acceptors (Lipinski definition) is 7. The van der Waals surface area contributed by atoms with Crippen LogP contribution in [0.4, 0.5) is 0 Å². The molecule has 206 valence electrons. The lowest BCUT2D eigenvalue weighted by atomic mass is 9.89. The maximum atomic E-state index is 6.44. The maximum Gasteiger partial charge on any atom is 0.120 e. The van der Waals surface area contributed by atoms with E-state index >= 15 is 0 Å². The van der Waals surface area contributed by atoms with Crippen molar-refractivity contribution in [1.82, 2.24) is 34.6 Å². The van der Waals surface area contributed by atoms with Gasteiger partial charge in [-0.05, 0) is 47.9 Å². The van der Waals surface area contributed by atoms with Crippen LogP contribution in [-0.2, 0) is 37.5 Å². The van der Waals surface area contributed by atoms with Gasteiger partial charge in [0.25, 0.3) is 0 Å². The first kappa shape index (κ1) is 26.4. The van der Waals surface area contributed by atoms with Crippen molar-refractivity contribution in [1.29, 1.82) is 0 Å². The predicted molar refractivity (Wildman–Crippen MR) is 154 cm³/mol. The number of nitrogens with zero attached hydrogens (tertiary/aromatic N) is 5. The quantitative estimate of drug-likeness (QED) is 0.304. The van der Waals surface area contributed by atoms with Gasteiger partial charge in [-0.25, -0.2) is 9.97 Å². The molecular formula is C30H39N7OS. The van der Waals surface area contributed by atoms with E-state index in [1.165, 1.54) is 21.6 Å². The molecule has 2 aliphatic rings. The van der Waals surface area contributed by atoms with Crippen LogP contribution in [0, 0.1) is 6.92 Å². The van der Waals surface area contributed by atoms with Crippen molar-refractivity contribution < 1.29 is 4.74 Å². The third-order valence-electron chi connectivity index (χ3n) is 8.12. The van der Waals surface area contributed by atoms with Gasteiger partial charge in [-0.3, -0.25) is 14.7 Å². The van der Waals surface area contributed by atoms with E-state index in [1.54, 1.807) is 12.4 Å². The van der Waals surface area contributed by atoms with E-state index in [-0.39, 0.29) is 5.60 Å². The van der Waals surface area contributed by atoms with Gasteiger partial charge < -0.3 is 14.7 Å². The SMILES string of the molecule is Cc1ccsc1CN1CCC2(CC1)CN(Cc1ccc(CN(Cc3ncc[nH]3)Cc3ncc[nH]3)cc1)CCO2. The van der Waals surface area contributed by atoms with E-state index in [0.717, 1.165) is 90.0 Å². The highest BCUT2D eigenvalue weighted by Gasteiger charge is 2.39. The summed E-state index contributed by atoms with van der Waals surface area (Å²) in [4.78, 5) is 24.3. The molecule has 1 aromatic carbocycles. The van der Waals surface area contributed by atoms with Crippen molar-refractivity contribution in [3.8, 4) is 0 Å². The summed E-state index contributed by atoms with van der Waals surface area (Å²) in [6.45, 7) is 11.7. The number of thiophene rings is 1. The van der Waals surface area contributed by atoms with E-state index in [9.17, 15) is 0 Å². The summed E-state index contributed by atoms with van der Waals surface area (Å²) in [5.74, 6) is 1.93. The second-order valence-electron chi connectivity index (χ2n) is 11.1. The van der Waals surface area contributed by atoms with Gasteiger partial charge in [-0.15, -0.1) is 11.3 Å². The number of imidazole rings is 2. The number of benzene rings is 1. The lowest BCUT2D eigenvalue weighted by Gasteiger charge is -2.47. The van der Waals surface area contributed by atoms with Crippen LogP contribution in [0.15, 0.2) is 60.5 Å². The van der Waals surface area contributed by atoms with Gasteiger partial charge >= 0.3 is 0 Å². The largest absolute Gasteiger partial charge is 0.372 e. The minimum absolute atomic E-state index is 0.0113. The van der Waals surface area contributed by atoms with Crippen molar-refractivity contribution in [2.45, 2.75) is 58.1 Å². The lowest BCUT2D eigenvalue weighted by molar-refractivity contribution is -0.138. The minimum atomic E-state index is 0.0113. The highest BCUT2D eigenvalue weighted by atomic mass is 32.1. The number of aromatic nitrogens is 4. The van der Waals surface area contributed by atoms with Crippen LogP contribution in [0.3, 0.4) is 0 Å². The fraction of sp³-hybridized carbons (Fsp3) is 0.467. The Hall–Kier alpha value is -2.82. The van der Waals surface area contributed by atoms with E-state index in [1.807, 2.05) is 23.7 Å². The van der Waals surface area contributed by atoms with Crippen molar-refractivity contribution in [2.75, 3.05) is 32.8 Å². The number of likely N-dealkylation sites (tertiary alicyclic amines) is 1. The number of nitrogens with one attached hydrogen (secondary N) is 2. The molecule has 39 heavy (non-hydrogen) atoms. The standard InChI is InChI=1S/C30H39N7OS/c1-24-6-17-39-27(24)20-35-13-7-30(8-14-35)23-36(15-16-38-30)18-25-2-4-26(5-3-25)19-37(21-28-31-9-10-32-28)22-29-33-11-12-34-29/h2-6,9-12,17H,7-8,13-16,18-23H2,1H3,(H,31,32)(H,33,34). The molecule has 6 rings (SSSR count). The summed E-state index contributed by atoms with van der Waals surface area (Å²) in [5, 5.41) is 2.21. The topological polar surface area (TPSA) is 76.3 Å². The molecule has 0 saturated carbocycles. The summed E-state index contributed by atoms with van der Waals surface area (Å²) in [6, 6.07) is 11.4. The molecule has 9 heteroatoms. The zero-order chi connectivity index (χ0) is 26.5. The van der Waals surface area contributed by atoms with Crippen LogP contribution in [0.5, 0.6) is 0 Å². The van der Waals surface area contributed by atoms with Crippen LogP contribution in [0.1, 0.15) is 46.1 Å². The smallest absolute Gasteiger partial charge is 0.120 e. The summed E-state index contributed by atoms with van der Waals surface area (Å²) in [5.41, 5.74) is 4.10. The molecule has 0 amide bonds. The molecule has 2 aliphatic heterocycles. The molecule has 2 N–H and O–H groups in total. The van der Waals surface area contributed by atoms with Crippen LogP contribution < -0.4 is 0 Å². The number of ether oxygens (including phenoxy) is 1. The Labute approximate surface area is 235 Å². The lowest BCUT2D eigenvalue weighted by Crippen LogP contribution is -2.56. The summed E-state index contributed by atoms with van der Waals surface area (Å²) < 4.78 is 6.44. The van der Waals surface area contributed by atoms with Crippen molar-refractivity contribution in [3.63, 3.8) is 0 Å². The highest BCUT2D eigenvalue weighted by Crippen LogP contribution is 2.32. The molecule has 0 atom stereocenters. The first-order valence-corrected chi connectivity index (χ1v) is 14.9. The second kappa shape index (κ2) is 12.1. The van der Waals surface area contributed by atoms with E-state index in [0.29, 0.717) is 0 Å². The Morgan fingerprint density at radius 3 is 2.18 bits per heavy atom. The molecule has 0 radical (unpaired) electrons. The Kier molecular flexibility index (Phi) is 8.22. The number of aryl methyl sites for hydroxylation is 1. The van der Waals surface area contributed by atoms with Gasteiger partial charge in [0.2, 0.25) is 0 Å². The average Bonchev–Trinajstić information content (AvgIpc) is 3.72. The minimum Gasteiger partial charge on any atom is -0.372 e. The third-order valence-corrected chi connectivity index (χ3v) is 9.13. The molecule has 0 bridgehead atoms. The Bertz CT molecular complexity index is 1240. The number of rotatable bonds is 10. The molecule has 2 fully saturated rings. The summed E-state index contributed by atoms with van der Waals surface area (Å²) in [7, 11) is 0. The van der Waals surface area contributed by atoms with E-state index in [2.05, 4.69) is 77.3 Å². The molecule has 8 nitrogen and oxygen atoms in total. The van der Waals surface area contributed by atoms with Crippen molar-refractivity contribution in [3.05, 3.63) is 93.7 Å². The van der Waals surface area contributed by atoms with Gasteiger partial charge in [-0.2, -0.15) is 0 Å². The number of piperidine rings is 1. The van der Waals surface area contributed by atoms with Crippen LogP contribution in [0.25, 0.3) is 0 Å². The molecule has 1 spiro atoms. The van der Waals surface area contributed by atoms with Gasteiger partial charge in [0.05, 0.1) is 25.3 Å². The number of H-pyrrole nitrogens is 2. The molecule has 0 unspecified atom stereocenters. The first-order chi connectivity index (χ1) is 19.1. The van der Waals surface area contributed by atoms with Gasteiger partial charge in [0, 0.05) is 75.5 Å². The van der Waals surface area contributed by atoms with Gasteiger partial charge in [-0.1, -0.05) is 24.3 Å². The Morgan fingerprint density at radius 2 is 1.56 bits per heavy atom. The zero-order valence-electron chi connectivity index (χ0n) is 22.8. The Morgan fingerprint density at radius 1 is 0.872 bits per heavy atom. The van der Waals surface area contributed by atoms with Crippen molar-refractivity contribution in [2.24, 2.45) is 0 Å². The number of morpholine rings is 1. The maximum absolute atomic E-state index is 6.44. The third kappa shape index (κ3) is 6.85.